The molecular formula is C35H47ClN6O7S. The summed E-state index contributed by atoms with van der Waals surface area (Å²) in [4.78, 5) is 65.2. The Bertz CT molecular complexity index is 1630. The van der Waals surface area contributed by atoms with E-state index in [0.717, 1.165) is 51.2 Å². The highest BCUT2D eigenvalue weighted by Crippen LogP contribution is 2.44. The number of carbonyl (C=O) groups excluding carboxylic acids is 5. The zero-order valence-electron chi connectivity index (χ0n) is 28.3. The molecule has 2 fully saturated rings. The fraction of sp³-hybridized carbons (Fsp3) is 0.514. The molecule has 0 unspecified atom stereocenters. The van der Waals surface area contributed by atoms with Crippen LogP contribution in [0.4, 0.5) is 5.69 Å². The highest BCUT2D eigenvalue weighted by Gasteiger charge is 2.38. The number of halogens is 1. The predicted molar refractivity (Wildman–Crippen MR) is 191 cm³/mol. The summed E-state index contributed by atoms with van der Waals surface area (Å²) in [7, 11) is -3.74. The molecule has 1 saturated heterocycles. The monoisotopic (exact) mass is 730 g/mol. The lowest BCUT2D eigenvalue weighted by Crippen LogP contribution is -2.51. The van der Waals surface area contributed by atoms with E-state index in [-0.39, 0.29) is 49.9 Å². The van der Waals surface area contributed by atoms with Gasteiger partial charge in [-0.3, -0.25) is 24.0 Å². The highest BCUT2D eigenvalue weighted by atomic mass is 35.5. The summed E-state index contributed by atoms with van der Waals surface area (Å²) < 4.78 is 26.5. The number of anilines is 1. The van der Waals surface area contributed by atoms with E-state index in [1.54, 1.807) is 48.5 Å². The van der Waals surface area contributed by atoms with E-state index in [1.165, 1.54) is 0 Å². The molecule has 6 N–H and O–H groups in total. The zero-order chi connectivity index (χ0) is 36.1. The third-order valence-electron chi connectivity index (χ3n) is 9.02. The standard InChI is InChI=1S/C35H47ClN6O7S/c1-50(48,49)42-29(20-25-9-3-4-10-27(25)36)34(47)40-26-13-11-24(12-14-26)19-28-33(46)39-23-32(45)38-18-8-2-7-17-37-30(43)21-35(15-5-6-16-35)22-31(44)41-28/h3-4,9-14,28-29,42H,2,5-8,15-23H2,1H3,(H,37,43)(H,38,45)(H,39,46)(H,40,47)(H,41,44)/t28-,29+/m1/s1. The largest absolute Gasteiger partial charge is 0.356 e. The van der Waals surface area contributed by atoms with Crippen molar-refractivity contribution in [1.29, 1.82) is 0 Å². The van der Waals surface area contributed by atoms with Gasteiger partial charge < -0.3 is 26.6 Å². The average Bonchev–Trinajstić information content (AvgIpc) is 3.50. The van der Waals surface area contributed by atoms with Gasteiger partial charge in [-0.2, -0.15) is 0 Å². The molecule has 4 rings (SSSR count). The molecule has 1 aliphatic carbocycles. The molecule has 1 saturated carbocycles. The quantitative estimate of drug-likeness (QED) is 0.240. The van der Waals surface area contributed by atoms with E-state index < -0.39 is 39.3 Å². The topological polar surface area (TPSA) is 192 Å². The van der Waals surface area contributed by atoms with Crippen molar-refractivity contribution in [3.05, 3.63) is 64.7 Å². The third-order valence-corrected chi connectivity index (χ3v) is 10.1. The molecule has 1 spiro atoms. The summed E-state index contributed by atoms with van der Waals surface area (Å²) in [6.45, 7) is 0.739. The normalized spacial score (nSPS) is 20.4. The number of hydrogen-bond donors (Lipinski definition) is 6. The van der Waals surface area contributed by atoms with Crippen molar-refractivity contribution in [3.8, 4) is 0 Å². The van der Waals surface area contributed by atoms with E-state index in [9.17, 15) is 32.4 Å². The van der Waals surface area contributed by atoms with Crippen molar-refractivity contribution in [1.82, 2.24) is 26.0 Å². The van der Waals surface area contributed by atoms with Crippen LogP contribution in [0.25, 0.3) is 0 Å². The number of benzene rings is 2. The first-order valence-corrected chi connectivity index (χ1v) is 19.3. The Kier molecular flexibility index (Phi) is 14.2. The Labute approximate surface area is 298 Å². The van der Waals surface area contributed by atoms with Crippen molar-refractivity contribution < 1.29 is 32.4 Å². The summed E-state index contributed by atoms with van der Waals surface area (Å²) in [6, 6.07) is 11.3. The van der Waals surface area contributed by atoms with Crippen LogP contribution in [0.1, 0.15) is 68.9 Å². The van der Waals surface area contributed by atoms with Gasteiger partial charge in [0.1, 0.15) is 12.1 Å². The molecule has 2 aromatic rings. The Morgan fingerprint density at radius 3 is 2.16 bits per heavy atom. The maximum Gasteiger partial charge on any atom is 0.243 e. The van der Waals surface area contributed by atoms with Crippen LogP contribution in [0.3, 0.4) is 0 Å². The van der Waals surface area contributed by atoms with Crippen LogP contribution in [0.5, 0.6) is 0 Å². The average molecular weight is 731 g/mol. The van der Waals surface area contributed by atoms with Crippen LogP contribution in [0, 0.1) is 5.41 Å². The Balaban J connectivity index is 1.46. The summed E-state index contributed by atoms with van der Waals surface area (Å²) in [5.41, 5.74) is 1.16. The van der Waals surface area contributed by atoms with Crippen molar-refractivity contribution >= 4 is 56.8 Å². The molecule has 0 radical (unpaired) electrons. The molecular weight excluding hydrogens is 684 g/mol. The van der Waals surface area contributed by atoms with Gasteiger partial charge in [-0.1, -0.05) is 54.8 Å². The molecule has 272 valence electrons. The first-order chi connectivity index (χ1) is 23.8. The third kappa shape index (κ3) is 12.7. The smallest absolute Gasteiger partial charge is 0.243 e. The van der Waals surface area contributed by atoms with Gasteiger partial charge >= 0.3 is 0 Å². The molecule has 1 heterocycles. The second kappa shape index (κ2) is 18.3. The molecule has 15 heteroatoms. The van der Waals surface area contributed by atoms with E-state index in [0.29, 0.717) is 34.9 Å². The Morgan fingerprint density at radius 2 is 1.50 bits per heavy atom. The lowest BCUT2D eigenvalue weighted by molar-refractivity contribution is -0.132. The molecule has 13 nitrogen and oxygen atoms in total. The number of hydrogen-bond acceptors (Lipinski definition) is 7. The minimum absolute atomic E-state index is 0.0249. The molecule has 50 heavy (non-hydrogen) atoms. The minimum Gasteiger partial charge on any atom is -0.356 e. The fourth-order valence-electron chi connectivity index (χ4n) is 6.49. The van der Waals surface area contributed by atoms with Crippen LogP contribution in [-0.4, -0.2) is 75.9 Å². The van der Waals surface area contributed by atoms with Gasteiger partial charge in [-0.15, -0.1) is 0 Å². The summed E-state index contributed by atoms with van der Waals surface area (Å²) in [5.74, 6) is -1.90. The molecule has 0 bridgehead atoms. The number of sulfonamides is 1. The van der Waals surface area contributed by atoms with Gasteiger partial charge in [0.2, 0.25) is 39.6 Å². The van der Waals surface area contributed by atoms with Crippen LogP contribution >= 0.6 is 11.6 Å². The van der Waals surface area contributed by atoms with Crippen molar-refractivity contribution in [3.63, 3.8) is 0 Å². The zero-order valence-corrected chi connectivity index (χ0v) is 29.9. The van der Waals surface area contributed by atoms with Gasteiger partial charge in [0.05, 0.1) is 12.8 Å². The minimum atomic E-state index is -3.74. The SMILES string of the molecule is CS(=O)(=O)N[C@@H](Cc1ccccc1Cl)C(=O)Nc1ccc(C[C@H]2NC(=O)CC3(CCCC3)CC(=O)NCCCCCNC(=O)CNC2=O)cc1. The van der Waals surface area contributed by atoms with Crippen LogP contribution < -0.4 is 31.3 Å². The van der Waals surface area contributed by atoms with Crippen LogP contribution in [-0.2, 0) is 46.8 Å². The van der Waals surface area contributed by atoms with E-state index >= 15 is 0 Å². The van der Waals surface area contributed by atoms with Gasteiger partial charge in [0.25, 0.3) is 0 Å². The van der Waals surface area contributed by atoms with Gasteiger partial charge in [-0.05, 0) is 73.3 Å². The number of nitrogens with one attached hydrogen (secondary N) is 6. The first-order valence-electron chi connectivity index (χ1n) is 17.0. The predicted octanol–water partition coefficient (Wildman–Crippen LogP) is 2.34. The van der Waals surface area contributed by atoms with Gasteiger partial charge in [0, 0.05) is 43.1 Å². The van der Waals surface area contributed by atoms with Crippen molar-refractivity contribution in [2.24, 2.45) is 5.41 Å². The molecule has 2 atom stereocenters. The summed E-state index contributed by atoms with van der Waals surface area (Å²) >= 11 is 6.26. The Hall–Kier alpha value is -4.01. The van der Waals surface area contributed by atoms with E-state index in [2.05, 4.69) is 31.3 Å². The van der Waals surface area contributed by atoms with Crippen LogP contribution in [0.15, 0.2) is 48.5 Å². The van der Waals surface area contributed by atoms with E-state index in [4.69, 9.17) is 11.6 Å². The number of amides is 5. The van der Waals surface area contributed by atoms with Crippen LogP contribution in [0.2, 0.25) is 5.02 Å². The van der Waals surface area contributed by atoms with E-state index in [1.807, 2.05) is 0 Å². The summed E-state index contributed by atoms with van der Waals surface area (Å²) in [6.07, 6.45) is 7.13. The second-order valence-electron chi connectivity index (χ2n) is 13.3. The molecule has 1 aliphatic heterocycles. The molecule has 2 aliphatic rings. The second-order valence-corrected chi connectivity index (χ2v) is 15.5. The lowest BCUT2D eigenvalue weighted by atomic mass is 9.78. The first kappa shape index (κ1) is 38.8. The van der Waals surface area contributed by atoms with Crippen molar-refractivity contribution in [2.75, 3.05) is 31.2 Å². The maximum atomic E-state index is 13.4. The number of rotatable bonds is 8. The molecule has 2 aromatic carbocycles. The number of carbonyl (C=O) groups is 5. The Morgan fingerprint density at radius 1 is 0.860 bits per heavy atom. The fourth-order valence-corrected chi connectivity index (χ4v) is 7.41. The van der Waals surface area contributed by atoms with Crippen molar-refractivity contribution in [2.45, 2.75) is 82.7 Å². The van der Waals surface area contributed by atoms with Gasteiger partial charge in [-0.25, -0.2) is 13.1 Å². The lowest BCUT2D eigenvalue weighted by Gasteiger charge is -2.29. The summed E-state index contributed by atoms with van der Waals surface area (Å²) in [5, 5.41) is 14.4. The highest BCUT2D eigenvalue weighted by molar-refractivity contribution is 7.88. The van der Waals surface area contributed by atoms with Gasteiger partial charge in [0.15, 0.2) is 0 Å². The molecule has 0 aromatic heterocycles. The maximum absolute atomic E-state index is 13.4. The molecule has 5 amide bonds.